The third kappa shape index (κ3) is 3.64. The monoisotopic (exact) mass is 335 g/mol. The van der Waals surface area contributed by atoms with Crippen LogP contribution >= 0.6 is 0 Å². The molecule has 0 saturated carbocycles. The number of nitro benzene ring substituents is 1. The highest BCUT2D eigenvalue weighted by Crippen LogP contribution is 2.31. The van der Waals surface area contributed by atoms with Gasteiger partial charge in [0.05, 0.1) is 29.7 Å². The van der Waals surface area contributed by atoms with Gasteiger partial charge in [-0.3, -0.25) is 19.7 Å². The lowest BCUT2D eigenvalue weighted by molar-refractivity contribution is -0.384. The largest absolute Gasteiger partial charge is 0.494 e. The van der Waals surface area contributed by atoms with E-state index in [4.69, 9.17) is 4.74 Å². The molecule has 1 atom stereocenters. The van der Waals surface area contributed by atoms with Crippen LogP contribution in [0.3, 0.4) is 0 Å². The Balaban J connectivity index is 2.13. The predicted molar refractivity (Wildman–Crippen MR) is 87.9 cm³/mol. The van der Waals surface area contributed by atoms with E-state index in [0.717, 1.165) is 0 Å². The maximum absolute atomic E-state index is 12.4. The Morgan fingerprint density at radius 1 is 1.42 bits per heavy atom. The van der Waals surface area contributed by atoms with Gasteiger partial charge in [-0.05, 0) is 26.8 Å². The van der Waals surface area contributed by atoms with E-state index in [1.165, 1.54) is 25.3 Å². The Kier molecular flexibility index (Phi) is 4.77. The number of non-ortho nitro benzene ring substituents is 1. The molecule has 1 aliphatic rings. The second-order valence-corrected chi connectivity index (χ2v) is 6.71. The molecule has 0 aromatic heterocycles. The Bertz CT molecular complexity index is 681. The summed E-state index contributed by atoms with van der Waals surface area (Å²) < 4.78 is 5.10. The summed E-state index contributed by atoms with van der Waals surface area (Å²) in [5.74, 6) is -0.619. The number of anilines is 1. The van der Waals surface area contributed by atoms with E-state index in [-0.39, 0.29) is 35.2 Å². The van der Waals surface area contributed by atoms with E-state index in [1.54, 1.807) is 4.90 Å². The van der Waals surface area contributed by atoms with Crippen LogP contribution in [0.4, 0.5) is 11.4 Å². The van der Waals surface area contributed by atoms with Crippen LogP contribution in [0.5, 0.6) is 5.75 Å². The number of benzene rings is 1. The maximum atomic E-state index is 12.4. The fourth-order valence-electron chi connectivity index (χ4n) is 2.66. The van der Waals surface area contributed by atoms with Crippen LogP contribution in [-0.4, -0.2) is 40.8 Å². The molecule has 0 spiro atoms. The average molecular weight is 335 g/mol. The summed E-state index contributed by atoms with van der Waals surface area (Å²) in [4.78, 5) is 36.5. The molecule has 1 fully saturated rings. The Hall–Kier alpha value is -2.64. The van der Waals surface area contributed by atoms with Gasteiger partial charge >= 0.3 is 0 Å². The summed E-state index contributed by atoms with van der Waals surface area (Å²) in [6.07, 6.45) is 0.151. The molecule has 130 valence electrons. The van der Waals surface area contributed by atoms with Gasteiger partial charge in [0.2, 0.25) is 11.8 Å². The molecule has 0 aliphatic carbocycles. The number of carbonyl (C=O) groups excluding carboxylic acids is 2. The molecule has 8 heteroatoms. The van der Waals surface area contributed by atoms with Gasteiger partial charge in [-0.15, -0.1) is 0 Å². The molecule has 0 radical (unpaired) electrons. The topological polar surface area (TPSA) is 102 Å². The SMILES string of the molecule is COc1cc([N+](=O)[O-])ccc1NC(=O)[C@H]1CC(=O)N(C(C)(C)C)C1. The van der Waals surface area contributed by atoms with Crippen LogP contribution in [-0.2, 0) is 9.59 Å². The van der Waals surface area contributed by atoms with Crippen LogP contribution in [0.15, 0.2) is 18.2 Å². The molecule has 0 bridgehead atoms. The fraction of sp³-hybridized carbons (Fsp3) is 0.500. The van der Waals surface area contributed by atoms with Gasteiger partial charge in [0, 0.05) is 24.6 Å². The van der Waals surface area contributed by atoms with Crippen molar-refractivity contribution in [3.8, 4) is 5.75 Å². The van der Waals surface area contributed by atoms with E-state index in [9.17, 15) is 19.7 Å². The van der Waals surface area contributed by atoms with E-state index >= 15 is 0 Å². The number of rotatable bonds is 4. The van der Waals surface area contributed by atoms with Crippen molar-refractivity contribution in [2.75, 3.05) is 19.0 Å². The first-order valence-corrected chi connectivity index (χ1v) is 7.57. The molecule has 1 aliphatic heterocycles. The number of likely N-dealkylation sites (tertiary alicyclic amines) is 1. The summed E-state index contributed by atoms with van der Waals surface area (Å²) in [5, 5.41) is 13.5. The van der Waals surface area contributed by atoms with Crippen molar-refractivity contribution >= 4 is 23.2 Å². The van der Waals surface area contributed by atoms with Crippen molar-refractivity contribution in [1.29, 1.82) is 0 Å². The number of nitrogens with one attached hydrogen (secondary N) is 1. The molecular formula is C16H21N3O5. The number of nitro groups is 1. The zero-order chi connectivity index (χ0) is 18.1. The number of hydrogen-bond donors (Lipinski definition) is 1. The molecule has 2 amide bonds. The fourth-order valence-corrected chi connectivity index (χ4v) is 2.66. The van der Waals surface area contributed by atoms with E-state index in [0.29, 0.717) is 12.2 Å². The summed E-state index contributed by atoms with van der Waals surface area (Å²) in [6, 6.07) is 3.96. The van der Waals surface area contributed by atoms with E-state index in [1.807, 2.05) is 20.8 Å². The van der Waals surface area contributed by atoms with Crippen molar-refractivity contribution in [3.05, 3.63) is 28.3 Å². The van der Waals surface area contributed by atoms with Crippen molar-refractivity contribution < 1.29 is 19.2 Å². The molecule has 24 heavy (non-hydrogen) atoms. The molecule has 2 rings (SSSR count). The first-order valence-electron chi connectivity index (χ1n) is 7.57. The van der Waals surface area contributed by atoms with Crippen molar-refractivity contribution in [2.24, 2.45) is 5.92 Å². The zero-order valence-electron chi connectivity index (χ0n) is 14.2. The number of methoxy groups -OCH3 is 1. The number of hydrogen-bond acceptors (Lipinski definition) is 5. The predicted octanol–water partition coefficient (Wildman–Crippen LogP) is 2.19. The average Bonchev–Trinajstić information content (AvgIpc) is 2.89. The summed E-state index contributed by atoms with van der Waals surface area (Å²) in [6.45, 7) is 6.11. The standard InChI is InChI=1S/C16H21N3O5/c1-16(2,3)18-9-10(7-14(18)20)15(21)17-12-6-5-11(19(22)23)8-13(12)24-4/h5-6,8,10H,7,9H2,1-4H3,(H,17,21)/t10-/m0/s1. The van der Waals surface area contributed by atoms with Crippen LogP contribution in [0, 0.1) is 16.0 Å². The Morgan fingerprint density at radius 2 is 2.08 bits per heavy atom. The number of ether oxygens (including phenoxy) is 1. The van der Waals surface area contributed by atoms with E-state index in [2.05, 4.69) is 5.32 Å². The molecule has 1 N–H and O–H groups in total. The smallest absolute Gasteiger partial charge is 0.273 e. The highest BCUT2D eigenvalue weighted by Gasteiger charge is 2.39. The third-order valence-corrected chi connectivity index (χ3v) is 3.96. The van der Waals surface area contributed by atoms with Gasteiger partial charge < -0.3 is 15.0 Å². The first-order chi connectivity index (χ1) is 11.1. The minimum atomic E-state index is -0.537. The minimum absolute atomic E-state index is 0.0571. The normalized spacial score (nSPS) is 17.8. The first kappa shape index (κ1) is 17.7. The van der Waals surface area contributed by atoms with Crippen molar-refractivity contribution in [1.82, 2.24) is 4.90 Å². The Labute approximate surface area is 139 Å². The van der Waals surface area contributed by atoms with Gasteiger partial charge in [0.1, 0.15) is 5.75 Å². The second-order valence-electron chi connectivity index (χ2n) is 6.71. The lowest BCUT2D eigenvalue weighted by Crippen LogP contribution is -2.42. The molecule has 1 aromatic carbocycles. The molecular weight excluding hydrogens is 314 g/mol. The van der Waals surface area contributed by atoms with Gasteiger partial charge in [0.25, 0.3) is 5.69 Å². The lowest BCUT2D eigenvalue weighted by atomic mass is 10.1. The zero-order valence-corrected chi connectivity index (χ0v) is 14.2. The van der Waals surface area contributed by atoms with Crippen LogP contribution in [0.1, 0.15) is 27.2 Å². The number of nitrogens with zero attached hydrogens (tertiary/aromatic N) is 2. The molecule has 1 aromatic rings. The lowest BCUT2D eigenvalue weighted by Gasteiger charge is -2.31. The summed E-state index contributed by atoms with van der Waals surface area (Å²) in [5.41, 5.74) is -0.119. The molecule has 8 nitrogen and oxygen atoms in total. The summed E-state index contributed by atoms with van der Waals surface area (Å²) >= 11 is 0. The van der Waals surface area contributed by atoms with Crippen LogP contribution < -0.4 is 10.1 Å². The van der Waals surface area contributed by atoms with Gasteiger partial charge in [-0.2, -0.15) is 0 Å². The highest BCUT2D eigenvalue weighted by atomic mass is 16.6. The van der Waals surface area contributed by atoms with E-state index < -0.39 is 10.8 Å². The number of amides is 2. The maximum Gasteiger partial charge on any atom is 0.273 e. The molecule has 1 saturated heterocycles. The highest BCUT2D eigenvalue weighted by molar-refractivity contribution is 5.98. The molecule has 0 unspecified atom stereocenters. The Morgan fingerprint density at radius 3 is 2.58 bits per heavy atom. The van der Waals surface area contributed by atoms with Gasteiger partial charge in [0.15, 0.2) is 0 Å². The quantitative estimate of drug-likeness (QED) is 0.671. The minimum Gasteiger partial charge on any atom is -0.494 e. The third-order valence-electron chi connectivity index (χ3n) is 3.96. The van der Waals surface area contributed by atoms with Crippen molar-refractivity contribution in [2.45, 2.75) is 32.7 Å². The van der Waals surface area contributed by atoms with Crippen LogP contribution in [0.2, 0.25) is 0 Å². The van der Waals surface area contributed by atoms with Crippen LogP contribution in [0.25, 0.3) is 0 Å². The van der Waals surface area contributed by atoms with Crippen molar-refractivity contribution in [3.63, 3.8) is 0 Å². The van der Waals surface area contributed by atoms with Gasteiger partial charge in [-0.25, -0.2) is 0 Å². The second kappa shape index (κ2) is 6.46. The number of carbonyl (C=O) groups is 2. The summed E-state index contributed by atoms with van der Waals surface area (Å²) in [7, 11) is 1.37. The van der Waals surface area contributed by atoms with Gasteiger partial charge in [-0.1, -0.05) is 0 Å². The molecule has 1 heterocycles.